The minimum Gasteiger partial charge on any atom is -0.353 e. The highest BCUT2D eigenvalue weighted by molar-refractivity contribution is 5.88. The summed E-state index contributed by atoms with van der Waals surface area (Å²) in [5.74, 6) is -0.0510. The second-order valence-corrected chi connectivity index (χ2v) is 6.53. The van der Waals surface area contributed by atoms with Gasteiger partial charge in [-0.3, -0.25) is 9.59 Å². The number of hydrogen-bond donors (Lipinski definition) is 2. The van der Waals surface area contributed by atoms with E-state index in [9.17, 15) is 9.59 Å². The van der Waals surface area contributed by atoms with Crippen molar-refractivity contribution < 1.29 is 9.59 Å². The van der Waals surface area contributed by atoms with Crippen molar-refractivity contribution >= 4 is 11.8 Å². The van der Waals surface area contributed by atoms with E-state index in [2.05, 4.69) is 26.1 Å². The van der Waals surface area contributed by atoms with Crippen LogP contribution < -0.4 is 11.1 Å². The summed E-state index contributed by atoms with van der Waals surface area (Å²) in [5, 5.41) is 2.80. The van der Waals surface area contributed by atoms with Crippen molar-refractivity contribution in [3.05, 3.63) is 0 Å². The van der Waals surface area contributed by atoms with Crippen molar-refractivity contribution in [1.29, 1.82) is 0 Å². The van der Waals surface area contributed by atoms with Crippen LogP contribution >= 0.6 is 0 Å². The van der Waals surface area contributed by atoms with Crippen molar-refractivity contribution in [3.8, 4) is 0 Å². The normalized spacial score (nSPS) is 22.1. The van der Waals surface area contributed by atoms with Gasteiger partial charge in [0.15, 0.2) is 0 Å². The molecule has 5 heteroatoms. The molecule has 0 aromatic heterocycles. The molecule has 3 N–H and O–H groups in total. The highest BCUT2D eigenvalue weighted by Crippen LogP contribution is 2.22. The highest BCUT2D eigenvalue weighted by Gasteiger charge is 2.32. The minimum atomic E-state index is -0.330. The van der Waals surface area contributed by atoms with Crippen LogP contribution in [0.4, 0.5) is 0 Å². The van der Waals surface area contributed by atoms with Gasteiger partial charge in [-0.15, -0.1) is 0 Å². The average Bonchev–Trinajstić information content (AvgIpc) is 2.25. The molecule has 2 unspecified atom stereocenters. The first-order chi connectivity index (χ1) is 8.74. The molecular formula is C14H27N3O2. The number of nitrogens with zero attached hydrogens (tertiary/aromatic N) is 1. The zero-order chi connectivity index (χ0) is 14.6. The maximum atomic E-state index is 12.3. The van der Waals surface area contributed by atoms with Crippen molar-refractivity contribution in [2.45, 2.75) is 59.0 Å². The Morgan fingerprint density at radius 2 is 2.16 bits per heavy atom. The summed E-state index contributed by atoms with van der Waals surface area (Å²) in [6.45, 7) is 9.38. The molecule has 2 atom stereocenters. The van der Waals surface area contributed by atoms with E-state index in [0.29, 0.717) is 25.9 Å². The zero-order valence-electron chi connectivity index (χ0n) is 12.5. The van der Waals surface area contributed by atoms with Crippen LogP contribution in [0.1, 0.15) is 47.0 Å². The molecule has 1 rings (SSSR count). The number of nitrogens with one attached hydrogen (secondary N) is 1. The van der Waals surface area contributed by atoms with Crippen molar-refractivity contribution in [2.24, 2.45) is 11.1 Å². The van der Waals surface area contributed by atoms with Gasteiger partial charge < -0.3 is 16.0 Å². The fourth-order valence-electron chi connectivity index (χ4n) is 2.62. The SMILES string of the molecule is CCC1C(=O)NCCN1C(=O)CC(N)CC(C)(C)C. The monoisotopic (exact) mass is 269 g/mol. The second kappa shape index (κ2) is 6.37. The van der Waals surface area contributed by atoms with Gasteiger partial charge in [-0.25, -0.2) is 0 Å². The average molecular weight is 269 g/mol. The fourth-order valence-corrected chi connectivity index (χ4v) is 2.62. The van der Waals surface area contributed by atoms with Gasteiger partial charge in [0.1, 0.15) is 6.04 Å². The summed E-state index contributed by atoms with van der Waals surface area (Å²) < 4.78 is 0. The van der Waals surface area contributed by atoms with Gasteiger partial charge in [0.25, 0.3) is 0 Å². The lowest BCUT2D eigenvalue weighted by molar-refractivity contribution is -0.143. The molecule has 1 aliphatic rings. The Labute approximate surface area is 115 Å². The quantitative estimate of drug-likeness (QED) is 0.795. The Kier molecular flexibility index (Phi) is 5.35. The standard InChI is InChI=1S/C14H27N3O2/c1-5-11-13(19)16-6-7-17(11)12(18)8-10(15)9-14(2,3)4/h10-11H,5-9,15H2,1-4H3,(H,16,19). The highest BCUT2D eigenvalue weighted by atomic mass is 16.2. The van der Waals surface area contributed by atoms with Crippen LogP contribution in [0.3, 0.4) is 0 Å². The van der Waals surface area contributed by atoms with Gasteiger partial charge in [0, 0.05) is 25.6 Å². The Morgan fingerprint density at radius 3 is 2.68 bits per heavy atom. The molecule has 110 valence electrons. The minimum absolute atomic E-state index is 0.00144. The van der Waals surface area contributed by atoms with Crippen LogP contribution in [0.25, 0.3) is 0 Å². The predicted octanol–water partition coefficient (Wildman–Crippen LogP) is 0.877. The predicted molar refractivity (Wildman–Crippen MR) is 75.5 cm³/mol. The molecule has 0 bridgehead atoms. The molecule has 5 nitrogen and oxygen atoms in total. The topological polar surface area (TPSA) is 75.4 Å². The van der Waals surface area contributed by atoms with Crippen LogP contribution in [-0.4, -0.2) is 41.9 Å². The van der Waals surface area contributed by atoms with E-state index in [1.165, 1.54) is 0 Å². The third kappa shape index (κ3) is 4.82. The lowest BCUT2D eigenvalue weighted by Gasteiger charge is -2.35. The summed E-state index contributed by atoms with van der Waals surface area (Å²) in [6, 6.07) is -0.474. The molecule has 0 radical (unpaired) electrons. The number of nitrogens with two attached hydrogens (primary N) is 1. The maximum Gasteiger partial charge on any atom is 0.242 e. The van der Waals surface area contributed by atoms with E-state index in [1.54, 1.807) is 4.90 Å². The molecule has 0 aromatic rings. The van der Waals surface area contributed by atoms with E-state index < -0.39 is 0 Å². The summed E-state index contributed by atoms with van der Waals surface area (Å²) in [7, 11) is 0. The van der Waals surface area contributed by atoms with Crippen molar-refractivity contribution in [3.63, 3.8) is 0 Å². The van der Waals surface area contributed by atoms with E-state index in [-0.39, 0.29) is 29.3 Å². The first-order valence-electron chi connectivity index (χ1n) is 7.07. The van der Waals surface area contributed by atoms with Gasteiger partial charge in [-0.2, -0.15) is 0 Å². The lowest BCUT2D eigenvalue weighted by atomic mass is 9.87. The number of carbonyl (C=O) groups is 2. The van der Waals surface area contributed by atoms with E-state index in [0.717, 1.165) is 6.42 Å². The molecule has 1 heterocycles. The molecule has 19 heavy (non-hydrogen) atoms. The molecule has 0 spiro atoms. The summed E-state index contributed by atoms with van der Waals surface area (Å²) in [6.07, 6.45) is 1.77. The molecule has 0 saturated carbocycles. The summed E-state index contributed by atoms with van der Waals surface area (Å²) in [5.41, 5.74) is 6.16. The van der Waals surface area contributed by atoms with E-state index in [4.69, 9.17) is 5.73 Å². The van der Waals surface area contributed by atoms with Crippen LogP contribution in [0, 0.1) is 5.41 Å². The molecule has 1 aliphatic heterocycles. The number of rotatable bonds is 4. The number of piperazine rings is 1. The first-order valence-corrected chi connectivity index (χ1v) is 7.07. The number of amides is 2. The number of hydrogen-bond acceptors (Lipinski definition) is 3. The van der Waals surface area contributed by atoms with Crippen molar-refractivity contribution in [1.82, 2.24) is 10.2 Å². The van der Waals surface area contributed by atoms with Gasteiger partial charge in [-0.05, 0) is 18.3 Å². The zero-order valence-corrected chi connectivity index (χ0v) is 12.5. The fraction of sp³-hybridized carbons (Fsp3) is 0.857. The number of carbonyl (C=O) groups excluding carboxylic acids is 2. The van der Waals surface area contributed by atoms with Crippen LogP contribution in [0.5, 0.6) is 0 Å². The van der Waals surface area contributed by atoms with Crippen molar-refractivity contribution in [2.75, 3.05) is 13.1 Å². The molecule has 2 amide bonds. The third-order valence-corrected chi connectivity index (χ3v) is 3.35. The lowest BCUT2D eigenvalue weighted by Crippen LogP contribution is -2.57. The molecular weight excluding hydrogens is 242 g/mol. The van der Waals surface area contributed by atoms with Gasteiger partial charge in [0.2, 0.25) is 11.8 Å². The van der Waals surface area contributed by atoms with Gasteiger partial charge in [0.05, 0.1) is 0 Å². The summed E-state index contributed by atoms with van der Waals surface area (Å²) >= 11 is 0. The van der Waals surface area contributed by atoms with E-state index in [1.807, 2.05) is 6.92 Å². The Bertz CT molecular complexity index is 336. The maximum absolute atomic E-state index is 12.3. The van der Waals surface area contributed by atoms with Crippen LogP contribution in [0.2, 0.25) is 0 Å². The first kappa shape index (κ1) is 16.0. The smallest absolute Gasteiger partial charge is 0.242 e. The molecule has 0 aliphatic carbocycles. The third-order valence-electron chi connectivity index (χ3n) is 3.35. The Morgan fingerprint density at radius 1 is 1.53 bits per heavy atom. The van der Waals surface area contributed by atoms with Crippen LogP contribution in [-0.2, 0) is 9.59 Å². The Hall–Kier alpha value is -1.10. The van der Waals surface area contributed by atoms with Crippen LogP contribution in [0.15, 0.2) is 0 Å². The largest absolute Gasteiger partial charge is 0.353 e. The van der Waals surface area contributed by atoms with Gasteiger partial charge >= 0.3 is 0 Å². The van der Waals surface area contributed by atoms with Gasteiger partial charge in [-0.1, -0.05) is 27.7 Å². The second-order valence-electron chi connectivity index (χ2n) is 6.53. The Balaban J connectivity index is 2.58. The van der Waals surface area contributed by atoms with E-state index >= 15 is 0 Å². The molecule has 0 aromatic carbocycles. The summed E-state index contributed by atoms with van der Waals surface area (Å²) in [4.78, 5) is 25.7. The molecule has 1 fully saturated rings. The molecule has 1 saturated heterocycles.